The van der Waals surface area contributed by atoms with Crippen LogP contribution >= 0.6 is 0 Å². The van der Waals surface area contributed by atoms with Crippen molar-refractivity contribution < 1.29 is 4.79 Å². The van der Waals surface area contributed by atoms with E-state index in [-0.39, 0.29) is 12.5 Å². The van der Waals surface area contributed by atoms with Gasteiger partial charge in [0.05, 0.1) is 6.07 Å². The summed E-state index contributed by atoms with van der Waals surface area (Å²) >= 11 is 0. The fourth-order valence-corrected chi connectivity index (χ4v) is 2.63. The number of nitrogens with zero attached hydrogens (tertiary/aromatic N) is 2. The lowest BCUT2D eigenvalue weighted by atomic mass is 10.1. The molecule has 0 aromatic heterocycles. The standard InChI is InChI=1S/C19H34N2O/c1-3-5-6-7-8-9-10-11-12-13-14-15-17-21(18-16-20)19(22)4-2/h4H,2-3,5-15,17-18H2,1H3. The molecule has 22 heavy (non-hydrogen) atoms. The van der Waals surface area contributed by atoms with Crippen molar-refractivity contribution >= 4 is 5.91 Å². The number of unbranched alkanes of at least 4 members (excludes halogenated alkanes) is 11. The maximum atomic E-state index is 11.5. The number of carbonyl (C=O) groups excluding carboxylic acids is 1. The van der Waals surface area contributed by atoms with Gasteiger partial charge in [0.2, 0.25) is 5.91 Å². The summed E-state index contributed by atoms with van der Waals surface area (Å²) in [4.78, 5) is 13.1. The van der Waals surface area contributed by atoms with Crippen LogP contribution in [0.4, 0.5) is 0 Å². The van der Waals surface area contributed by atoms with Crippen molar-refractivity contribution in [3.8, 4) is 6.07 Å². The van der Waals surface area contributed by atoms with Gasteiger partial charge in [-0.25, -0.2) is 0 Å². The maximum Gasteiger partial charge on any atom is 0.246 e. The molecular weight excluding hydrogens is 272 g/mol. The minimum atomic E-state index is -0.135. The van der Waals surface area contributed by atoms with E-state index in [4.69, 9.17) is 5.26 Å². The summed E-state index contributed by atoms with van der Waals surface area (Å²) in [6.45, 7) is 6.58. The lowest BCUT2D eigenvalue weighted by Crippen LogP contribution is -2.30. The quantitative estimate of drug-likeness (QED) is 0.236. The average molecular weight is 306 g/mol. The molecule has 0 bridgehead atoms. The van der Waals surface area contributed by atoms with Crippen LogP contribution in [-0.2, 0) is 4.79 Å². The zero-order chi connectivity index (χ0) is 16.5. The molecule has 0 aliphatic rings. The molecule has 0 aromatic carbocycles. The molecule has 0 saturated carbocycles. The molecule has 0 heterocycles. The SMILES string of the molecule is C=CC(=O)N(CC#N)CCCCCCCCCCCCCC. The van der Waals surface area contributed by atoms with Crippen molar-refractivity contribution in [1.29, 1.82) is 5.26 Å². The summed E-state index contributed by atoms with van der Waals surface area (Å²) in [5, 5.41) is 8.69. The van der Waals surface area contributed by atoms with Crippen LogP contribution in [-0.4, -0.2) is 23.9 Å². The van der Waals surface area contributed by atoms with Crippen molar-refractivity contribution in [2.24, 2.45) is 0 Å². The van der Waals surface area contributed by atoms with Crippen LogP contribution in [0, 0.1) is 11.3 Å². The summed E-state index contributed by atoms with van der Waals surface area (Å²) in [6.07, 6.45) is 16.9. The van der Waals surface area contributed by atoms with E-state index in [0.29, 0.717) is 6.54 Å². The lowest BCUT2D eigenvalue weighted by Gasteiger charge is -2.17. The molecule has 0 aliphatic carbocycles. The molecule has 0 N–H and O–H groups in total. The van der Waals surface area contributed by atoms with E-state index in [1.165, 1.54) is 70.3 Å². The van der Waals surface area contributed by atoms with Crippen LogP contribution in [0.2, 0.25) is 0 Å². The van der Waals surface area contributed by atoms with Gasteiger partial charge in [0.1, 0.15) is 6.54 Å². The highest BCUT2D eigenvalue weighted by atomic mass is 16.2. The van der Waals surface area contributed by atoms with Crippen molar-refractivity contribution in [2.75, 3.05) is 13.1 Å². The van der Waals surface area contributed by atoms with Crippen molar-refractivity contribution in [3.63, 3.8) is 0 Å². The van der Waals surface area contributed by atoms with E-state index in [1.807, 2.05) is 6.07 Å². The highest BCUT2D eigenvalue weighted by Crippen LogP contribution is 2.12. The molecular formula is C19H34N2O. The Morgan fingerprint density at radius 3 is 1.82 bits per heavy atom. The predicted molar refractivity (Wildman–Crippen MR) is 93.5 cm³/mol. The van der Waals surface area contributed by atoms with Crippen molar-refractivity contribution in [3.05, 3.63) is 12.7 Å². The van der Waals surface area contributed by atoms with E-state index in [1.54, 1.807) is 4.90 Å². The molecule has 0 saturated heterocycles. The van der Waals surface area contributed by atoms with Gasteiger partial charge in [0.25, 0.3) is 0 Å². The van der Waals surface area contributed by atoms with E-state index >= 15 is 0 Å². The predicted octanol–water partition coefficient (Wildman–Crippen LogP) is 5.23. The average Bonchev–Trinajstić information content (AvgIpc) is 2.54. The topological polar surface area (TPSA) is 44.1 Å². The van der Waals surface area contributed by atoms with Crippen molar-refractivity contribution in [1.82, 2.24) is 4.90 Å². The second kappa shape index (κ2) is 16.1. The minimum absolute atomic E-state index is 0.135. The van der Waals surface area contributed by atoms with E-state index in [0.717, 1.165) is 12.8 Å². The van der Waals surface area contributed by atoms with Crippen LogP contribution in [0.1, 0.15) is 84.0 Å². The van der Waals surface area contributed by atoms with Gasteiger partial charge in [-0.15, -0.1) is 0 Å². The van der Waals surface area contributed by atoms with Crippen LogP contribution < -0.4 is 0 Å². The summed E-state index contributed by atoms with van der Waals surface area (Å²) in [6, 6.07) is 2.03. The Labute approximate surface area is 137 Å². The first-order valence-corrected chi connectivity index (χ1v) is 9.04. The number of carbonyl (C=O) groups is 1. The Bertz CT molecular complexity index is 320. The normalized spacial score (nSPS) is 10.2. The largest absolute Gasteiger partial charge is 0.326 e. The van der Waals surface area contributed by atoms with E-state index < -0.39 is 0 Å². The monoisotopic (exact) mass is 306 g/mol. The summed E-state index contributed by atoms with van der Waals surface area (Å²) in [7, 11) is 0. The van der Waals surface area contributed by atoms with Gasteiger partial charge < -0.3 is 4.90 Å². The highest BCUT2D eigenvalue weighted by molar-refractivity contribution is 5.87. The molecule has 0 atom stereocenters. The van der Waals surface area contributed by atoms with Gasteiger partial charge in [0.15, 0.2) is 0 Å². The number of hydrogen-bond donors (Lipinski definition) is 0. The molecule has 0 aromatic rings. The zero-order valence-electron chi connectivity index (χ0n) is 14.5. The summed E-state index contributed by atoms with van der Waals surface area (Å²) in [5.41, 5.74) is 0. The Morgan fingerprint density at radius 2 is 1.41 bits per heavy atom. The second-order valence-electron chi connectivity index (χ2n) is 6.01. The van der Waals surface area contributed by atoms with Gasteiger partial charge in [-0.05, 0) is 12.5 Å². The summed E-state index contributed by atoms with van der Waals surface area (Å²) in [5.74, 6) is -0.135. The van der Waals surface area contributed by atoms with Crippen LogP contribution in [0.5, 0.6) is 0 Å². The van der Waals surface area contributed by atoms with Gasteiger partial charge >= 0.3 is 0 Å². The second-order valence-corrected chi connectivity index (χ2v) is 6.01. The molecule has 0 spiro atoms. The Balaban J connectivity index is 3.37. The zero-order valence-corrected chi connectivity index (χ0v) is 14.5. The number of amides is 1. The highest BCUT2D eigenvalue weighted by Gasteiger charge is 2.08. The summed E-state index contributed by atoms with van der Waals surface area (Å²) < 4.78 is 0. The molecule has 0 aliphatic heterocycles. The first kappa shape index (κ1) is 20.7. The van der Waals surface area contributed by atoms with E-state index in [2.05, 4.69) is 13.5 Å². The smallest absolute Gasteiger partial charge is 0.246 e. The fraction of sp³-hybridized carbons (Fsp3) is 0.789. The van der Waals surface area contributed by atoms with Gasteiger partial charge in [-0.3, -0.25) is 4.79 Å². The molecule has 0 rings (SSSR count). The molecule has 0 unspecified atom stereocenters. The molecule has 0 fully saturated rings. The number of hydrogen-bond acceptors (Lipinski definition) is 2. The van der Waals surface area contributed by atoms with Crippen LogP contribution in [0.3, 0.4) is 0 Å². The van der Waals surface area contributed by atoms with Crippen molar-refractivity contribution in [2.45, 2.75) is 84.0 Å². The Kier molecular flexibility index (Phi) is 15.1. The molecule has 3 nitrogen and oxygen atoms in total. The first-order chi connectivity index (χ1) is 10.8. The molecule has 1 amide bonds. The Hall–Kier alpha value is -1.30. The Morgan fingerprint density at radius 1 is 0.955 bits per heavy atom. The van der Waals surface area contributed by atoms with Crippen LogP contribution in [0.25, 0.3) is 0 Å². The molecule has 0 radical (unpaired) electrons. The maximum absolute atomic E-state index is 11.5. The lowest BCUT2D eigenvalue weighted by molar-refractivity contribution is -0.125. The third-order valence-corrected chi connectivity index (χ3v) is 4.03. The molecule has 3 heteroatoms. The fourth-order valence-electron chi connectivity index (χ4n) is 2.63. The van der Waals surface area contributed by atoms with Gasteiger partial charge in [-0.1, -0.05) is 84.1 Å². The number of rotatable bonds is 15. The van der Waals surface area contributed by atoms with Gasteiger partial charge in [0, 0.05) is 6.54 Å². The third kappa shape index (κ3) is 12.4. The van der Waals surface area contributed by atoms with Gasteiger partial charge in [-0.2, -0.15) is 5.26 Å². The van der Waals surface area contributed by atoms with Crippen LogP contribution in [0.15, 0.2) is 12.7 Å². The number of nitriles is 1. The molecule has 126 valence electrons. The van der Waals surface area contributed by atoms with E-state index in [9.17, 15) is 4.79 Å². The minimum Gasteiger partial charge on any atom is -0.326 e. The first-order valence-electron chi connectivity index (χ1n) is 9.04. The third-order valence-electron chi connectivity index (χ3n) is 4.03.